The van der Waals surface area contributed by atoms with Crippen molar-refractivity contribution in [1.82, 2.24) is 19.9 Å². The quantitative estimate of drug-likeness (QED) is 0.838. The summed E-state index contributed by atoms with van der Waals surface area (Å²) < 4.78 is 23.8. The highest BCUT2D eigenvalue weighted by atomic mass is 19.1. The molecule has 0 unspecified atom stereocenters. The van der Waals surface area contributed by atoms with Crippen molar-refractivity contribution in [2.45, 2.75) is 20.0 Å². The zero-order valence-electron chi connectivity index (χ0n) is 13.5. The number of nitrogens with zero attached hydrogens (tertiary/aromatic N) is 4. The second kappa shape index (κ2) is 7.06. The Labute approximate surface area is 134 Å². The van der Waals surface area contributed by atoms with Gasteiger partial charge in [0.2, 0.25) is 5.89 Å². The lowest BCUT2D eigenvalue weighted by Crippen LogP contribution is -2.45. The van der Waals surface area contributed by atoms with Crippen LogP contribution in [0.4, 0.5) is 4.39 Å². The third kappa shape index (κ3) is 4.05. The zero-order chi connectivity index (χ0) is 16.2. The Kier molecular flexibility index (Phi) is 4.88. The van der Waals surface area contributed by atoms with Crippen molar-refractivity contribution in [3.63, 3.8) is 0 Å². The van der Waals surface area contributed by atoms with E-state index in [1.165, 1.54) is 7.11 Å². The first-order valence-electron chi connectivity index (χ1n) is 7.70. The summed E-state index contributed by atoms with van der Waals surface area (Å²) in [7, 11) is 1.47. The summed E-state index contributed by atoms with van der Waals surface area (Å²) in [5.74, 6) is 1.30. The predicted octanol–water partition coefficient (Wildman–Crippen LogP) is 1.84. The summed E-state index contributed by atoms with van der Waals surface area (Å²) in [6, 6.07) is 5.14. The molecular weight excluding hydrogens is 299 g/mol. The Morgan fingerprint density at radius 3 is 2.43 bits per heavy atom. The monoisotopic (exact) mass is 320 g/mol. The van der Waals surface area contributed by atoms with Gasteiger partial charge in [-0.2, -0.15) is 4.98 Å². The molecule has 7 heteroatoms. The molecule has 0 amide bonds. The number of rotatable bonds is 5. The molecule has 0 spiro atoms. The fraction of sp³-hybridized carbons (Fsp3) is 0.500. The summed E-state index contributed by atoms with van der Waals surface area (Å²) in [5.41, 5.74) is 0.962. The minimum absolute atomic E-state index is 0.286. The fourth-order valence-electron chi connectivity index (χ4n) is 2.77. The van der Waals surface area contributed by atoms with Crippen LogP contribution in [-0.2, 0) is 13.1 Å². The third-order valence-corrected chi connectivity index (χ3v) is 4.02. The molecule has 124 valence electrons. The SMILES string of the molecule is COc1ccc(CN2CCN(Cc3nc(C)no3)CC2)cc1F. The molecule has 0 saturated carbocycles. The Balaban J connectivity index is 1.50. The van der Waals surface area contributed by atoms with Gasteiger partial charge in [-0.05, 0) is 24.6 Å². The summed E-state index contributed by atoms with van der Waals surface area (Å²) in [4.78, 5) is 8.84. The normalized spacial score (nSPS) is 16.7. The molecule has 23 heavy (non-hydrogen) atoms. The maximum Gasteiger partial charge on any atom is 0.240 e. The van der Waals surface area contributed by atoms with Crippen molar-refractivity contribution in [1.29, 1.82) is 0 Å². The molecule has 2 aromatic rings. The first kappa shape index (κ1) is 15.9. The number of hydrogen-bond donors (Lipinski definition) is 0. The molecule has 0 N–H and O–H groups in total. The maximum absolute atomic E-state index is 13.7. The zero-order valence-corrected chi connectivity index (χ0v) is 13.5. The van der Waals surface area contributed by atoms with E-state index in [2.05, 4.69) is 19.9 Å². The molecule has 1 aliphatic heterocycles. The Morgan fingerprint density at radius 2 is 1.87 bits per heavy atom. The van der Waals surface area contributed by atoms with E-state index in [1.807, 2.05) is 13.0 Å². The maximum atomic E-state index is 13.7. The van der Waals surface area contributed by atoms with Crippen LogP contribution >= 0.6 is 0 Å². The van der Waals surface area contributed by atoms with E-state index < -0.39 is 0 Å². The molecule has 0 radical (unpaired) electrons. The van der Waals surface area contributed by atoms with Crippen LogP contribution in [0.3, 0.4) is 0 Å². The van der Waals surface area contributed by atoms with Gasteiger partial charge in [0.15, 0.2) is 17.4 Å². The fourth-order valence-corrected chi connectivity index (χ4v) is 2.77. The van der Waals surface area contributed by atoms with Crippen LogP contribution in [0.25, 0.3) is 0 Å². The standard InChI is InChI=1S/C16H21FN4O2/c1-12-18-16(23-19-12)11-21-7-5-20(6-8-21)10-13-3-4-15(22-2)14(17)9-13/h3-4,9H,5-8,10-11H2,1-2H3. The first-order valence-corrected chi connectivity index (χ1v) is 7.70. The number of benzene rings is 1. The van der Waals surface area contributed by atoms with Crippen LogP contribution in [0.2, 0.25) is 0 Å². The lowest BCUT2D eigenvalue weighted by atomic mass is 10.2. The van der Waals surface area contributed by atoms with E-state index in [1.54, 1.807) is 12.1 Å². The van der Waals surface area contributed by atoms with Crippen LogP contribution < -0.4 is 4.74 Å². The molecule has 3 rings (SSSR count). The number of piperazine rings is 1. The highest BCUT2D eigenvalue weighted by Crippen LogP contribution is 2.19. The van der Waals surface area contributed by atoms with Crippen molar-refractivity contribution in [2.75, 3.05) is 33.3 Å². The molecule has 1 fully saturated rings. The number of halogens is 1. The van der Waals surface area contributed by atoms with Gasteiger partial charge in [0.1, 0.15) is 0 Å². The molecule has 1 saturated heterocycles. The first-order chi connectivity index (χ1) is 11.1. The largest absolute Gasteiger partial charge is 0.494 e. The minimum atomic E-state index is -0.310. The van der Waals surface area contributed by atoms with E-state index in [0.29, 0.717) is 18.3 Å². The second-order valence-corrected chi connectivity index (χ2v) is 5.76. The van der Waals surface area contributed by atoms with Gasteiger partial charge in [-0.3, -0.25) is 9.80 Å². The number of aryl methyl sites for hydroxylation is 1. The van der Waals surface area contributed by atoms with Gasteiger partial charge < -0.3 is 9.26 Å². The average molecular weight is 320 g/mol. The second-order valence-electron chi connectivity index (χ2n) is 5.76. The molecular formula is C16H21FN4O2. The van der Waals surface area contributed by atoms with E-state index in [0.717, 1.165) is 38.3 Å². The highest BCUT2D eigenvalue weighted by Gasteiger charge is 2.19. The van der Waals surface area contributed by atoms with E-state index in [-0.39, 0.29) is 11.6 Å². The third-order valence-electron chi connectivity index (χ3n) is 4.02. The van der Waals surface area contributed by atoms with Gasteiger partial charge in [-0.1, -0.05) is 11.2 Å². The van der Waals surface area contributed by atoms with E-state index in [9.17, 15) is 4.39 Å². The molecule has 1 aromatic carbocycles. The van der Waals surface area contributed by atoms with Crippen LogP contribution in [0.15, 0.2) is 22.7 Å². The van der Waals surface area contributed by atoms with Gasteiger partial charge in [0, 0.05) is 32.7 Å². The lowest BCUT2D eigenvalue weighted by molar-refractivity contribution is 0.112. The molecule has 0 bridgehead atoms. The van der Waals surface area contributed by atoms with Gasteiger partial charge in [0.05, 0.1) is 13.7 Å². The van der Waals surface area contributed by atoms with Crippen molar-refractivity contribution < 1.29 is 13.7 Å². The Morgan fingerprint density at radius 1 is 1.17 bits per heavy atom. The van der Waals surface area contributed by atoms with Gasteiger partial charge in [0.25, 0.3) is 0 Å². The Bertz CT molecular complexity index is 653. The van der Waals surface area contributed by atoms with Gasteiger partial charge in [-0.25, -0.2) is 4.39 Å². The number of ether oxygens (including phenoxy) is 1. The summed E-state index contributed by atoms with van der Waals surface area (Å²) in [5, 5.41) is 3.81. The van der Waals surface area contributed by atoms with E-state index in [4.69, 9.17) is 9.26 Å². The topological polar surface area (TPSA) is 54.6 Å². The summed E-state index contributed by atoms with van der Waals surface area (Å²) >= 11 is 0. The van der Waals surface area contributed by atoms with Crippen molar-refractivity contribution >= 4 is 0 Å². The van der Waals surface area contributed by atoms with E-state index >= 15 is 0 Å². The molecule has 0 atom stereocenters. The molecule has 1 aliphatic rings. The molecule has 1 aromatic heterocycles. The van der Waals surface area contributed by atoms with Gasteiger partial charge >= 0.3 is 0 Å². The average Bonchev–Trinajstić information content (AvgIpc) is 2.95. The smallest absolute Gasteiger partial charge is 0.240 e. The number of methoxy groups -OCH3 is 1. The number of aromatic nitrogens is 2. The van der Waals surface area contributed by atoms with Crippen molar-refractivity contribution in [3.8, 4) is 5.75 Å². The molecule has 0 aliphatic carbocycles. The molecule has 2 heterocycles. The predicted molar refractivity (Wildman–Crippen MR) is 82.5 cm³/mol. The summed E-state index contributed by atoms with van der Waals surface area (Å²) in [6.45, 7) is 6.97. The van der Waals surface area contributed by atoms with Crippen LogP contribution in [0.1, 0.15) is 17.3 Å². The van der Waals surface area contributed by atoms with Crippen LogP contribution in [0.5, 0.6) is 5.75 Å². The van der Waals surface area contributed by atoms with Crippen LogP contribution in [0, 0.1) is 12.7 Å². The van der Waals surface area contributed by atoms with Gasteiger partial charge in [-0.15, -0.1) is 0 Å². The Hall–Kier alpha value is -1.99. The summed E-state index contributed by atoms with van der Waals surface area (Å²) in [6.07, 6.45) is 0. The highest BCUT2D eigenvalue weighted by molar-refractivity contribution is 5.29. The molecule has 6 nitrogen and oxygen atoms in total. The lowest BCUT2D eigenvalue weighted by Gasteiger charge is -2.33. The number of hydrogen-bond acceptors (Lipinski definition) is 6. The van der Waals surface area contributed by atoms with Crippen LogP contribution in [-0.4, -0.2) is 53.2 Å². The van der Waals surface area contributed by atoms with Crippen molar-refractivity contribution in [2.24, 2.45) is 0 Å². The van der Waals surface area contributed by atoms with Crippen molar-refractivity contribution in [3.05, 3.63) is 41.3 Å². The minimum Gasteiger partial charge on any atom is -0.494 e.